The van der Waals surface area contributed by atoms with Crippen molar-refractivity contribution in [1.82, 2.24) is 14.2 Å². The number of hydrogen-bond acceptors (Lipinski definition) is 3. The Labute approximate surface area is 148 Å². The van der Waals surface area contributed by atoms with Gasteiger partial charge in [-0.05, 0) is 37.6 Å². The maximum Gasteiger partial charge on any atom is 0.243 e. The zero-order chi connectivity index (χ0) is 18.0. The van der Waals surface area contributed by atoms with Gasteiger partial charge in [0.25, 0.3) is 0 Å². The molecule has 3 rings (SSSR count). The summed E-state index contributed by atoms with van der Waals surface area (Å²) < 4.78 is 26.7. The van der Waals surface area contributed by atoms with Gasteiger partial charge in [0, 0.05) is 37.6 Å². The third-order valence-electron chi connectivity index (χ3n) is 4.57. The van der Waals surface area contributed by atoms with Crippen molar-refractivity contribution in [3.05, 3.63) is 53.3 Å². The summed E-state index contributed by atoms with van der Waals surface area (Å²) in [5.74, 6) is 0.0406. The van der Waals surface area contributed by atoms with Crippen LogP contribution in [-0.4, -0.2) is 54.7 Å². The zero-order valence-corrected chi connectivity index (χ0v) is 15.3. The number of H-pyrrole nitrogens is 1. The Bertz CT molecular complexity index is 851. The molecule has 0 unspecified atom stereocenters. The van der Waals surface area contributed by atoms with Gasteiger partial charge in [0.15, 0.2) is 0 Å². The normalized spacial score (nSPS) is 16.2. The summed E-state index contributed by atoms with van der Waals surface area (Å²) in [6, 6.07) is 10.4. The Hall–Kier alpha value is -2.12. The number of hydrogen-bond donors (Lipinski definition) is 1. The van der Waals surface area contributed by atoms with Crippen molar-refractivity contribution < 1.29 is 13.2 Å². The molecule has 0 aliphatic carbocycles. The molecular weight excluding hydrogens is 338 g/mol. The number of rotatable bonds is 4. The summed E-state index contributed by atoms with van der Waals surface area (Å²) in [7, 11) is -3.48. The number of carbonyl (C=O) groups excluding carboxylic acids is 1. The molecular formula is C18H23N3O3S. The van der Waals surface area contributed by atoms with Crippen LogP contribution in [0.1, 0.15) is 17.0 Å². The van der Waals surface area contributed by atoms with Gasteiger partial charge in [-0.3, -0.25) is 4.79 Å². The lowest BCUT2D eigenvalue weighted by molar-refractivity contribution is -0.131. The second-order valence-corrected chi connectivity index (χ2v) is 8.32. The smallest absolute Gasteiger partial charge is 0.243 e. The SMILES string of the molecule is Cc1cc(CC(=O)N2CCN(S(=O)(=O)c3ccccc3)CC2)c(C)[nH]1. The third-order valence-corrected chi connectivity index (χ3v) is 6.48. The monoisotopic (exact) mass is 361 g/mol. The van der Waals surface area contributed by atoms with E-state index in [1.165, 1.54) is 4.31 Å². The number of aromatic nitrogens is 1. The van der Waals surface area contributed by atoms with Crippen LogP contribution in [0.15, 0.2) is 41.3 Å². The van der Waals surface area contributed by atoms with Crippen LogP contribution in [0.4, 0.5) is 0 Å². The number of piperazine rings is 1. The van der Waals surface area contributed by atoms with Gasteiger partial charge in [0.05, 0.1) is 11.3 Å². The van der Waals surface area contributed by atoms with E-state index in [1.807, 2.05) is 19.9 Å². The number of aromatic amines is 1. The number of carbonyl (C=O) groups is 1. The minimum atomic E-state index is -3.48. The first-order valence-electron chi connectivity index (χ1n) is 8.36. The zero-order valence-electron chi connectivity index (χ0n) is 14.5. The van der Waals surface area contributed by atoms with E-state index in [9.17, 15) is 13.2 Å². The molecule has 1 fully saturated rings. The predicted octanol–water partition coefficient (Wildman–Crippen LogP) is 1.71. The molecule has 0 bridgehead atoms. The first-order chi connectivity index (χ1) is 11.9. The molecule has 6 nitrogen and oxygen atoms in total. The minimum absolute atomic E-state index is 0.0406. The van der Waals surface area contributed by atoms with Crippen LogP contribution in [-0.2, 0) is 21.2 Å². The summed E-state index contributed by atoms with van der Waals surface area (Å²) in [6.07, 6.45) is 0.349. The first kappa shape index (κ1) is 17.7. The molecule has 1 aromatic carbocycles. The number of amides is 1. The van der Waals surface area contributed by atoms with E-state index >= 15 is 0 Å². The van der Waals surface area contributed by atoms with E-state index in [1.54, 1.807) is 35.2 Å². The Balaban J connectivity index is 1.62. The topological polar surface area (TPSA) is 73.5 Å². The van der Waals surface area contributed by atoms with E-state index in [0.29, 0.717) is 37.5 Å². The summed E-state index contributed by atoms with van der Waals surface area (Å²) >= 11 is 0. The van der Waals surface area contributed by atoms with Crippen molar-refractivity contribution in [1.29, 1.82) is 0 Å². The summed E-state index contributed by atoms with van der Waals surface area (Å²) in [4.78, 5) is 17.8. The number of aryl methyl sites for hydroxylation is 2. The highest BCUT2D eigenvalue weighted by atomic mass is 32.2. The first-order valence-corrected chi connectivity index (χ1v) is 9.80. The van der Waals surface area contributed by atoms with Gasteiger partial charge < -0.3 is 9.88 Å². The van der Waals surface area contributed by atoms with E-state index in [-0.39, 0.29) is 5.91 Å². The van der Waals surface area contributed by atoms with Crippen molar-refractivity contribution in [3.63, 3.8) is 0 Å². The van der Waals surface area contributed by atoms with Gasteiger partial charge in [-0.2, -0.15) is 4.31 Å². The molecule has 7 heteroatoms. The molecule has 25 heavy (non-hydrogen) atoms. The van der Waals surface area contributed by atoms with Crippen LogP contribution in [0.5, 0.6) is 0 Å². The number of sulfonamides is 1. The highest BCUT2D eigenvalue weighted by molar-refractivity contribution is 7.89. The van der Waals surface area contributed by atoms with Crippen LogP contribution in [0.25, 0.3) is 0 Å². The van der Waals surface area contributed by atoms with Crippen LogP contribution in [0.2, 0.25) is 0 Å². The van der Waals surface area contributed by atoms with Crippen molar-refractivity contribution in [3.8, 4) is 0 Å². The molecule has 0 radical (unpaired) electrons. The highest BCUT2D eigenvalue weighted by Gasteiger charge is 2.30. The molecule has 1 N–H and O–H groups in total. The van der Waals surface area contributed by atoms with E-state index in [2.05, 4.69) is 4.98 Å². The van der Waals surface area contributed by atoms with Gasteiger partial charge in [0.1, 0.15) is 0 Å². The van der Waals surface area contributed by atoms with Crippen molar-refractivity contribution in [2.45, 2.75) is 25.2 Å². The minimum Gasteiger partial charge on any atom is -0.362 e. The molecule has 1 aliphatic rings. The Kier molecular flexibility index (Phi) is 4.96. The van der Waals surface area contributed by atoms with Gasteiger partial charge >= 0.3 is 0 Å². The van der Waals surface area contributed by atoms with Crippen LogP contribution >= 0.6 is 0 Å². The summed E-state index contributed by atoms with van der Waals surface area (Å²) in [5.41, 5.74) is 3.05. The van der Waals surface area contributed by atoms with Gasteiger partial charge in [-0.15, -0.1) is 0 Å². The molecule has 2 heterocycles. The van der Waals surface area contributed by atoms with Crippen molar-refractivity contribution >= 4 is 15.9 Å². The van der Waals surface area contributed by atoms with Crippen LogP contribution in [0, 0.1) is 13.8 Å². The fourth-order valence-corrected chi connectivity index (χ4v) is 4.60. The van der Waals surface area contributed by atoms with E-state index < -0.39 is 10.0 Å². The van der Waals surface area contributed by atoms with Crippen molar-refractivity contribution in [2.24, 2.45) is 0 Å². The molecule has 1 saturated heterocycles. The lowest BCUT2D eigenvalue weighted by Crippen LogP contribution is -2.50. The molecule has 0 spiro atoms. The lowest BCUT2D eigenvalue weighted by Gasteiger charge is -2.34. The maximum atomic E-state index is 12.6. The fraction of sp³-hybridized carbons (Fsp3) is 0.389. The largest absolute Gasteiger partial charge is 0.362 e. The molecule has 2 aromatic rings. The Morgan fingerprint density at radius 3 is 2.28 bits per heavy atom. The Morgan fingerprint density at radius 1 is 1.08 bits per heavy atom. The van der Waals surface area contributed by atoms with E-state index in [4.69, 9.17) is 0 Å². The second kappa shape index (κ2) is 7.01. The molecule has 134 valence electrons. The third kappa shape index (κ3) is 3.77. The van der Waals surface area contributed by atoms with E-state index in [0.717, 1.165) is 17.0 Å². The molecule has 0 saturated carbocycles. The molecule has 1 aromatic heterocycles. The number of benzene rings is 1. The Morgan fingerprint density at radius 2 is 1.72 bits per heavy atom. The average molecular weight is 361 g/mol. The van der Waals surface area contributed by atoms with Crippen molar-refractivity contribution in [2.75, 3.05) is 26.2 Å². The van der Waals surface area contributed by atoms with Gasteiger partial charge in [-0.25, -0.2) is 8.42 Å². The highest BCUT2D eigenvalue weighted by Crippen LogP contribution is 2.18. The van der Waals surface area contributed by atoms with Crippen LogP contribution < -0.4 is 0 Å². The van der Waals surface area contributed by atoms with Gasteiger partial charge in [-0.1, -0.05) is 18.2 Å². The average Bonchev–Trinajstić information content (AvgIpc) is 2.93. The quantitative estimate of drug-likeness (QED) is 0.901. The molecule has 0 atom stereocenters. The van der Waals surface area contributed by atoms with Crippen LogP contribution in [0.3, 0.4) is 0 Å². The standard InChI is InChI=1S/C18H23N3O3S/c1-14-12-16(15(2)19-14)13-18(22)20-8-10-21(11-9-20)25(23,24)17-6-4-3-5-7-17/h3-7,12,19H,8-11,13H2,1-2H3. The molecule has 1 aliphatic heterocycles. The summed E-state index contributed by atoms with van der Waals surface area (Å²) in [5, 5.41) is 0. The summed E-state index contributed by atoms with van der Waals surface area (Å²) in [6.45, 7) is 5.43. The predicted molar refractivity (Wildman–Crippen MR) is 95.8 cm³/mol. The fourth-order valence-electron chi connectivity index (χ4n) is 3.16. The molecule has 1 amide bonds. The number of nitrogens with one attached hydrogen (secondary N) is 1. The number of nitrogens with zero attached hydrogens (tertiary/aromatic N) is 2. The lowest BCUT2D eigenvalue weighted by atomic mass is 10.1. The second-order valence-electron chi connectivity index (χ2n) is 6.38. The maximum absolute atomic E-state index is 12.6. The van der Waals surface area contributed by atoms with Gasteiger partial charge in [0.2, 0.25) is 15.9 Å².